The van der Waals surface area contributed by atoms with Crippen molar-refractivity contribution in [3.63, 3.8) is 0 Å². The van der Waals surface area contributed by atoms with Crippen LogP contribution in [-0.4, -0.2) is 52.5 Å². The first kappa shape index (κ1) is 24.8. The van der Waals surface area contributed by atoms with Gasteiger partial charge in [0.25, 0.3) is 0 Å². The first-order valence-electron chi connectivity index (χ1n) is 11.8. The van der Waals surface area contributed by atoms with Crippen molar-refractivity contribution in [3.8, 4) is 0 Å². The number of hydrogen-bond donors (Lipinski definition) is 5. The predicted octanol–water partition coefficient (Wildman–Crippen LogP) is 2.86. The number of aromatic nitrogens is 1. The van der Waals surface area contributed by atoms with Gasteiger partial charge in [0.2, 0.25) is 11.8 Å². The number of carboxylic acids is 1. The van der Waals surface area contributed by atoms with E-state index in [4.69, 9.17) is 0 Å². The molecule has 2 aromatic carbocycles. The van der Waals surface area contributed by atoms with E-state index in [1.807, 2.05) is 31.2 Å². The molecule has 36 heavy (non-hydrogen) atoms. The predicted molar refractivity (Wildman–Crippen MR) is 136 cm³/mol. The molecule has 4 amide bonds. The van der Waals surface area contributed by atoms with Crippen molar-refractivity contribution in [2.75, 3.05) is 16.8 Å². The lowest BCUT2D eigenvalue weighted by Crippen LogP contribution is -2.58. The van der Waals surface area contributed by atoms with Gasteiger partial charge in [0.05, 0.1) is 11.4 Å². The third kappa shape index (κ3) is 5.17. The van der Waals surface area contributed by atoms with E-state index in [1.165, 1.54) is 4.90 Å². The Labute approximate surface area is 208 Å². The SMILES string of the molecule is CC[C@H](C)[C@H](NC(=O)N1CC(=O)Nc2ccccc21)C(=O)N[C@H](Cc1c[nH]c2ccccc12)C(=O)O. The molecule has 0 bridgehead atoms. The Morgan fingerprint density at radius 3 is 2.56 bits per heavy atom. The lowest BCUT2D eigenvalue weighted by molar-refractivity contribution is -0.142. The fraction of sp³-hybridized carbons (Fsp3) is 0.308. The number of rotatable bonds is 8. The molecular formula is C26H29N5O5. The second-order valence-electron chi connectivity index (χ2n) is 8.93. The Morgan fingerprint density at radius 2 is 1.81 bits per heavy atom. The minimum absolute atomic E-state index is 0.0753. The largest absolute Gasteiger partial charge is 0.480 e. The number of benzene rings is 2. The maximum absolute atomic E-state index is 13.3. The van der Waals surface area contributed by atoms with Gasteiger partial charge in [-0.2, -0.15) is 0 Å². The fourth-order valence-corrected chi connectivity index (χ4v) is 4.31. The van der Waals surface area contributed by atoms with Crippen LogP contribution in [0.15, 0.2) is 54.7 Å². The van der Waals surface area contributed by atoms with E-state index in [-0.39, 0.29) is 24.8 Å². The highest BCUT2D eigenvalue weighted by Crippen LogP contribution is 2.29. The van der Waals surface area contributed by atoms with Crippen LogP contribution < -0.4 is 20.9 Å². The van der Waals surface area contributed by atoms with Crippen LogP contribution in [-0.2, 0) is 20.8 Å². The molecule has 0 fully saturated rings. The van der Waals surface area contributed by atoms with Gasteiger partial charge in [0.15, 0.2) is 0 Å². The number of aromatic amines is 1. The van der Waals surface area contributed by atoms with Crippen molar-refractivity contribution in [1.82, 2.24) is 15.6 Å². The van der Waals surface area contributed by atoms with Crippen molar-refractivity contribution in [2.24, 2.45) is 5.92 Å². The summed E-state index contributed by atoms with van der Waals surface area (Å²) < 4.78 is 0. The number of fused-ring (bicyclic) bond motifs is 2. The Hall–Kier alpha value is -4.34. The second kappa shape index (κ2) is 10.5. The van der Waals surface area contributed by atoms with Crippen LogP contribution in [0, 0.1) is 5.92 Å². The maximum atomic E-state index is 13.3. The Morgan fingerprint density at radius 1 is 1.08 bits per heavy atom. The van der Waals surface area contributed by atoms with E-state index in [1.54, 1.807) is 37.4 Å². The zero-order valence-electron chi connectivity index (χ0n) is 20.1. The number of H-pyrrole nitrogens is 1. The molecule has 0 radical (unpaired) electrons. The number of aliphatic carboxylic acids is 1. The second-order valence-corrected chi connectivity index (χ2v) is 8.93. The first-order chi connectivity index (χ1) is 17.3. The molecule has 4 rings (SSSR count). The number of para-hydroxylation sites is 3. The highest BCUT2D eigenvalue weighted by Gasteiger charge is 2.33. The van der Waals surface area contributed by atoms with Crippen LogP contribution >= 0.6 is 0 Å². The van der Waals surface area contributed by atoms with Gasteiger partial charge in [-0.25, -0.2) is 9.59 Å². The van der Waals surface area contributed by atoms with Gasteiger partial charge in [-0.15, -0.1) is 0 Å². The fourth-order valence-electron chi connectivity index (χ4n) is 4.31. The Bertz CT molecular complexity index is 1300. The molecule has 1 aliphatic heterocycles. The Balaban J connectivity index is 1.51. The summed E-state index contributed by atoms with van der Waals surface area (Å²) in [7, 11) is 0. The first-order valence-corrected chi connectivity index (χ1v) is 11.8. The number of urea groups is 1. The monoisotopic (exact) mass is 491 g/mol. The smallest absolute Gasteiger partial charge is 0.326 e. The number of nitrogens with one attached hydrogen (secondary N) is 4. The number of anilines is 2. The van der Waals surface area contributed by atoms with Crippen molar-refractivity contribution >= 4 is 46.1 Å². The lowest BCUT2D eigenvalue weighted by Gasteiger charge is -2.32. The number of amides is 4. The highest BCUT2D eigenvalue weighted by atomic mass is 16.4. The molecule has 10 heteroatoms. The minimum Gasteiger partial charge on any atom is -0.480 e. The molecule has 0 aliphatic carbocycles. The summed E-state index contributed by atoms with van der Waals surface area (Å²) in [6.07, 6.45) is 2.38. The van der Waals surface area contributed by atoms with E-state index < -0.39 is 30.0 Å². The van der Waals surface area contributed by atoms with E-state index in [0.29, 0.717) is 17.8 Å². The number of nitrogens with zero attached hydrogens (tertiary/aromatic N) is 1. The highest BCUT2D eigenvalue weighted by molar-refractivity contribution is 6.10. The topological polar surface area (TPSA) is 144 Å². The quantitative estimate of drug-likeness (QED) is 0.329. The molecule has 0 saturated heterocycles. The molecule has 188 valence electrons. The van der Waals surface area contributed by atoms with Crippen LogP contribution in [0.1, 0.15) is 25.8 Å². The molecule has 3 atom stereocenters. The van der Waals surface area contributed by atoms with E-state index in [9.17, 15) is 24.3 Å². The van der Waals surface area contributed by atoms with Crippen molar-refractivity contribution in [1.29, 1.82) is 0 Å². The van der Waals surface area contributed by atoms with E-state index >= 15 is 0 Å². The average molecular weight is 492 g/mol. The van der Waals surface area contributed by atoms with Crippen LogP contribution in [0.4, 0.5) is 16.2 Å². The van der Waals surface area contributed by atoms with Crippen LogP contribution in [0.5, 0.6) is 0 Å². The van der Waals surface area contributed by atoms with Gasteiger partial charge in [-0.1, -0.05) is 50.6 Å². The summed E-state index contributed by atoms with van der Waals surface area (Å²) in [5, 5.41) is 18.8. The molecular weight excluding hydrogens is 462 g/mol. The molecule has 3 aromatic rings. The summed E-state index contributed by atoms with van der Waals surface area (Å²) in [5.41, 5.74) is 2.65. The number of carbonyl (C=O) groups is 4. The molecule has 1 aromatic heterocycles. The zero-order chi connectivity index (χ0) is 25.8. The number of carbonyl (C=O) groups excluding carboxylic acids is 3. The van der Waals surface area contributed by atoms with Gasteiger partial charge in [-0.3, -0.25) is 14.5 Å². The van der Waals surface area contributed by atoms with Gasteiger partial charge < -0.3 is 26.0 Å². The Kier molecular flexibility index (Phi) is 7.23. The summed E-state index contributed by atoms with van der Waals surface area (Å²) in [6, 6.07) is 11.6. The summed E-state index contributed by atoms with van der Waals surface area (Å²) in [6.45, 7) is 3.48. The van der Waals surface area contributed by atoms with Crippen LogP contribution in [0.2, 0.25) is 0 Å². The van der Waals surface area contributed by atoms with Crippen molar-refractivity contribution in [2.45, 2.75) is 38.8 Å². The van der Waals surface area contributed by atoms with Gasteiger partial charge in [-0.05, 0) is 29.7 Å². The van der Waals surface area contributed by atoms with Gasteiger partial charge in [0.1, 0.15) is 18.6 Å². The van der Waals surface area contributed by atoms with Crippen molar-refractivity contribution in [3.05, 3.63) is 60.3 Å². The van der Waals surface area contributed by atoms with E-state index in [2.05, 4.69) is 20.9 Å². The van der Waals surface area contributed by atoms with Crippen LogP contribution in [0.3, 0.4) is 0 Å². The molecule has 0 saturated carbocycles. The average Bonchev–Trinajstić information content (AvgIpc) is 3.28. The maximum Gasteiger partial charge on any atom is 0.326 e. The molecule has 0 unspecified atom stereocenters. The molecule has 0 spiro atoms. The molecule has 2 heterocycles. The standard InChI is InChI=1S/C26H29N5O5/c1-3-15(2)23(30-26(36)31-14-22(32)28-19-10-6-7-11-21(19)31)24(33)29-20(25(34)35)12-16-13-27-18-9-5-4-8-17(16)18/h4-11,13,15,20,23,27H,3,12,14H2,1-2H3,(H,28,32)(H,29,33)(H,30,36)(H,34,35)/t15-,20+,23-/m0/s1. The van der Waals surface area contributed by atoms with Crippen molar-refractivity contribution < 1.29 is 24.3 Å². The zero-order valence-corrected chi connectivity index (χ0v) is 20.1. The third-order valence-corrected chi connectivity index (χ3v) is 6.50. The molecule has 10 nitrogen and oxygen atoms in total. The van der Waals surface area contributed by atoms with Gasteiger partial charge >= 0.3 is 12.0 Å². The van der Waals surface area contributed by atoms with E-state index in [0.717, 1.165) is 16.5 Å². The molecule has 1 aliphatic rings. The number of carboxylic acid groups (broad SMARTS) is 1. The summed E-state index contributed by atoms with van der Waals surface area (Å²) >= 11 is 0. The molecule has 5 N–H and O–H groups in total. The normalized spacial score (nSPS) is 15.4. The lowest BCUT2D eigenvalue weighted by atomic mass is 9.97. The summed E-state index contributed by atoms with van der Waals surface area (Å²) in [4.78, 5) is 55.0. The minimum atomic E-state index is -1.19. The van der Waals surface area contributed by atoms with Gasteiger partial charge in [0, 0.05) is 23.5 Å². The third-order valence-electron chi connectivity index (χ3n) is 6.50. The summed E-state index contributed by atoms with van der Waals surface area (Å²) in [5.74, 6) is -2.41. The number of hydrogen-bond acceptors (Lipinski definition) is 4. The van der Waals surface area contributed by atoms with Crippen LogP contribution in [0.25, 0.3) is 10.9 Å².